The van der Waals surface area contributed by atoms with Crippen LogP contribution in [0.25, 0.3) is 0 Å². The first-order valence-electron chi connectivity index (χ1n) is 9.01. The molecule has 25 heavy (non-hydrogen) atoms. The molecule has 2 rings (SSSR count). The highest BCUT2D eigenvalue weighted by atomic mass is 16.5. The average Bonchev–Trinajstić information content (AvgIpc) is 2.62. The molecule has 1 heterocycles. The van der Waals surface area contributed by atoms with Gasteiger partial charge in [0.1, 0.15) is 0 Å². The molecule has 1 fully saturated rings. The Kier molecular flexibility index (Phi) is 8.42. The molecule has 1 N–H and O–H groups in total. The van der Waals surface area contributed by atoms with Crippen LogP contribution < -0.4 is 5.32 Å². The molecular weight excluding hydrogens is 318 g/mol. The minimum absolute atomic E-state index is 0.0589. The zero-order chi connectivity index (χ0) is 17.9. The molecule has 2 amide bonds. The number of carbonyl (C=O) groups excluding carboxylic acids is 2. The second-order valence-corrected chi connectivity index (χ2v) is 6.33. The third-order valence-electron chi connectivity index (χ3n) is 4.37. The number of benzene rings is 1. The van der Waals surface area contributed by atoms with Crippen LogP contribution in [0.1, 0.15) is 18.9 Å². The van der Waals surface area contributed by atoms with E-state index in [1.165, 1.54) is 12.5 Å². The van der Waals surface area contributed by atoms with E-state index in [0.717, 1.165) is 45.7 Å². The largest absolute Gasteiger partial charge is 0.379 e. The van der Waals surface area contributed by atoms with Gasteiger partial charge in [0.25, 0.3) is 0 Å². The molecule has 0 radical (unpaired) electrons. The lowest BCUT2D eigenvalue weighted by Gasteiger charge is -2.26. The Labute approximate surface area is 150 Å². The Morgan fingerprint density at radius 3 is 2.60 bits per heavy atom. The van der Waals surface area contributed by atoms with E-state index in [0.29, 0.717) is 13.1 Å². The van der Waals surface area contributed by atoms with Crippen LogP contribution in [0.5, 0.6) is 0 Å². The Hall–Kier alpha value is -1.92. The second-order valence-electron chi connectivity index (χ2n) is 6.33. The van der Waals surface area contributed by atoms with Crippen LogP contribution in [0, 0.1) is 0 Å². The fourth-order valence-corrected chi connectivity index (χ4v) is 2.87. The van der Waals surface area contributed by atoms with E-state index in [-0.39, 0.29) is 18.4 Å². The molecular formula is C19H29N3O3. The number of carbonyl (C=O) groups is 2. The lowest BCUT2D eigenvalue weighted by molar-refractivity contribution is -0.134. The molecule has 0 atom stereocenters. The fraction of sp³-hybridized carbons (Fsp3) is 0.579. The first-order valence-corrected chi connectivity index (χ1v) is 9.01. The number of hydrogen-bond acceptors (Lipinski definition) is 4. The van der Waals surface area contributed by atoms with Crippen molar-refractivity contribution in [3.05, 3.63) is 35.9 Å². The zero-order valence-corrected chi connectivity index (χ0v) is 15.1. The van der Waals surface area contributed by atoms with Gasteiger partial charge in [-0.1, -0.05) is 30.3 Å². The van der Waals surface area contributed by atoms with Crippen molar-refractivity contribution in [2.24, 2.45) is 0 Å². The van der Waals surface area contributed by atoms with E-state index in [1.54, 1.807) is 4.90 Å². The predicted octanol–water partition coefficient (Wildman–Crippen LogP) is 0.916. The molecule has 0 aliphatic carbocycles. The van der Waals surface area contributed by atoms with Gasteiger partial charge in [0.15, 0.2) is 0 Å². The minimum Gasteiger partial charge on any atom is -0.379 e. The van der Waals surface area contributed by atoms with E-state index >= 15 is 0 Å². The van der Waals surface area contributed by atoms with Crippen molar-refractivity contribution in [3.8, 4) is 0 Å². The second kappa shape index (κ2) is 10.8. The number of ether oxygens (including phenoxy) is 1. The predicted molar refractivity (Wildman–Crippen MR) is 97.3 cm³/mol. The van der Waals surface area contributed by atoms with Gasteiger partial charge >= 0.3 is 0 Å². The summed E-state index contributed by atoms with van der Waals surface area (Å²) in [6, 6.07) is 10.2. The summed E-state index contributed by atoms with van der Waals surface area (Å²) in [7, 11) is 0. The first kappa shape index (κ1) is 19.4. The maximum atomic E-state index is 12.1. The zero-order valence-electron chi connectivity index (χ0n) is 15.1. The molecule has 1 aliphatic rings. The van der Waals surface area contributed by atoms with E-state index in [1.807, 2.05) is 18.2 Å². The van der Waals surface area contributed by atoms with Gasteiger partial charge in [-0.2, -0.15) is 0 Å². The van der Waals surface area contributed by atoms with Crippen LogP contribution in [0.3, 0.4) is 0 Å². The monoisotopic (exact) mass is 347 g/mol. The summed E-state index contributed by atoms with van der Waals surface area (Å²) in [5.74, 6) is -0.153. The van der Waals surface area contributed by atoms with Gasteiger partial charge in [0.05, 0.1) is 19.8 Å². The van der Waals surface area contributed by atoms with E-state index < -0.39 is 0 Å². The molecule has 1 aromatic rings. The van der Waals surface area contributed by atoms with Gasteiger partial charge in [0.2, 0.25) is 11.8 Å². The van der Waals surface area contributed by atoms with Gasteiger partial charge in [-0.3, -0.25) is 14.5 Å². The summed E-state index contributed by atoms with van der Waals surface area (Å²) < 4.78 is 5.30. The quantitative estimate of drug-likeness (QED) is 0.721. The third-order valence-corrected chi connectivity index (χ3v) is 4.37. The van der Waals surface area contributed by atoms with Crippen LogP contribution in [-0.4, -0.2) is 74.1 Å². The number of nitrogens with one attached hydrogen (secondary N) is 1. The summed E-state index contributed by atoms with van der Waals surface area (Å²) >= 11 is 0. The van der Waals surface area contributed by atoms with Gasteiger partial charge in [-0.15, -0.1) is 0 Å². The summed E-state index contributed by atoms with van der Waals surface area (Å²) in [5, 5.41) is 2.91. The Morgan fingerprint density at radius 2 is 1.92 bits per heavy atom. The van der Waals surface area contributed by atoms with Crippen molar-refractivity contribution in [2.45, 2.75) is 19.8 Å². The highest BCUT2D eigenvalue weighted by Gasteiger charge is 2.14. The van der Waals surface area contributed by atoms with Gasteiger partial charge < -0.3 is 15.0 Å². The molecule has 0 saturated carbocycles. The summed E-state index contributed by atoms with van der Waals surface area (Å²) in [6.45, 7) is 7.01. The Morgan fingerprint density at radius 1 is 1.20 bits per heavy atom. The number of rotatable bonds is 9. The van der Waals surface area contributed by atoms with Gasteiger partial charge in [0, 0.05) is 39.6 Å². The van der Waals surface area contributed by atoms with Crippen LogP contribution in [0.2, 0.25) is 0 Å². The Bertz CT molecular complexity index is 530. The fourth-order valence-electron chi connectivity index (χ4n) is 2.87. The van der Waals surface area contributed by atoms with Crippen molar-refractivity contribution in [1.29, 1.82) is 0 Å². The lowest BCUT2D eigenvalue weighted by Crippen LogP contribution is -2.44. The smallest absolute Gasteiger partial charge is 0.239 e. The van der Waals surface area contributed by atoms with Crippen molar-refractivity contribution in [3.63, 3.8) is 0 Å². The van der Waals surface area contributed by atoms with E-state index in [9.17, 15) is 9.59 Å². The lowest BCUT2D eigenvalue weighted by atomic mass is 10.1. The molecule has 0 spiro atoms. The molecule has 6 nitrogen and oxygen atoms in total. The van der Waals surface area contributed by atoms with Crippen LogP contribution in [0.4, 0.5) is 0 Å². The topological polar surface area (TPSA) is 61.9 Å². The molecule has 1 saturated heterocycles. The Balaban J connectivity index is 1.65. The number of hydrogen-bond donors (Lipinski definition) is 1. The third kappa shape index (κ3) is 7.67. The maximum absolute atomic E-state index is 12.1. The van der Waals surface area contributed by atoms with Crippen LogP contribution in [0.15, 0.2) is 30.3 Å². The standard InChI is InChI=1S/C19H29N3O3/c1-17(23)22(10-5-8-18-6-3-2-4-7-18)16-19(24)20-9-11-21-12-14-25-15-13-21/h2-4,6-7H,5,8-16H2,1H3,(H,20,24). The minimum atomic E-state index is -0.0943. The first-order chi connectivity index (χ1) is 12.1. The highest BCUT2D eigenvalue weighted by molar-refractivity contribution is 5.83. The average molecular weight is 347 g/mol. The maximum Gasteiger partial charge on any atom is 0.239 e. The van der Waals surface area contributed by atoms with Gasteiger partial charge in [-0.05, 0) is 18.4 Å². The number of aryl methyl sites for hydroxylation is 1. The van der Waals surface area contributed by atoms with Crippen molar-refractivity contribution in [2.75, 3.05) is 52.5 Å². The molecule has 1 aliphatic heterocycles. The molecule has 0 bridgehead atoms. The molecule has 0 aromatic heterocycles. The SMILES string of the molecule is CC(=O)N(CCCc1ccccc1)CC(=O)NCCN1CCOCC1. The van der Waals surface area contributed by atoms with Crippen molar-refractivity contribution >= 4 is 11.8 Å². The molecule has 138 valence electrons. The summed E-state index contributed by atoms with van der Waals surface area (Å²) in [5.41, 5.74) is 1.25. The van der Waals surface area contributed by atoms with Gasteiger partial charge in [-0.25, -0.2) is 0 Å². The molecule has 1 aromatic carbocycles. The van der Waals surface area contributed by atoms with Crippen LogP contribution >= 0.6 is 0 Å². The van der Waals surface area contributed by atoms with Crippen LogP contribution in [-0.2, 0) is 20.7 Å². The number of nitrogens with zero attached hydrogens (tertiary/aromatic N) is 2. The number of morpholine rings is 1. The normalized spacial score (nSPS) is 14.9. The van der Waals surface area contributed by atoms with E-state index in [4.69, 9.17) is 4.74 Å². The summed E-state index contributed by atoms with van der Waals surface area (Å²) in [4.78, 5) is 27.7. The molecule has 6 heteroatoms. The summed E-state index contributed by atoms with van der Waals surface area (Å²) in [6.07, 6.45) is 1.76. The van der Waals surface area contributed by atoms with E-state index in [2.05, 4.69) is 22.3 Å². The molecule has 0 unspecified atom stereocenters. The number of amides is 2. The highest BCUT2D eigenvalue weighted by Crippen LogP contribution is 2.04. The van der Waals surface area contributed by atoms with Crippen molar-refractivity contribution < 1.29 is 14.3 Å². The van der Waals surface area contributed by atoms with Crippen molar-refractivity contribution in [1.82, 2.24) is 15.1 Å².